The van der Waals surface area contributed by atoms with Gasteiger partial charge in [-0.3, -0.25) is 4.79 Å². The second-order valence-corrected chi connectivity index (χ2v) is 6.06. The molecular formula is C15H21N5O2S. The van der Waals surface area contributed by atoms with Crippen molar-refractivity contribution in [3.8, 4) is 0 Å². The molecule has 0 saturated heterocycles. The van der Waals surface area contributed by atoms with Crippen LogP contribution in [0.2, 0.25) is 0 Å². The van der Waals surface area contributed by atoms with Gasteiger partial charge >= 0.3 is 0 Å². The Bertz CT molecular complexity index is 659. The van der Waals surface area contributed by atoms with Crippen molar-refractivity contribution in [2.45, 2.75) is 32.0 Å². The number of rotatable bonds is 8. The van der Waals surface area contributed by atoms with Crippen molar-refractivity contribution in [2.75, 3.05) is 24.8 Å². The smallest absolute Gasteiger partial charge is 0.234 e. The Morgan fingerprint density at radius 1 is 1.39 bits per heavy atom. The zero-order valence-electron chi connectivity index (χ0n) is 13.6. The van der Waals surface area contributed by atoms with Gasteiger partial charge in [-0.05, 0) is 47.9 Å². The number of benzene rings is 1. The third-order valence-corrected chi connectivity index (χ3v) is 4.39. The summed E-state index contributed by atoms with van der Waals surface area (Å²) in [5.74, 6) is 0.188. The Balaban J connectivity index is 1.87. The summed E-state index contributed by atoms with van der Waals surface area (Å²) in [6.45, 7) is 5.33. The van der Waals surface area contributed by atoms with Crippen LogP contribution < -0.4 is 5.32 Å². The van der Waals surface area contributed by atoms with Crippen LogP contribution in [0, 0.1) is 13.8 Å². The molecule has 1 aromatic carbocycles. The summed E-state index contributed by atoms with van der Waals surface area (Å²) in [5.41, 5.74) is 3.07. The number of amides is 1. The summed E-state index contributed by atoms with van der Waals surface area (Å²) in [6, 6.07) is 5.86. The maximum Gasteiger partial charge on any atom is 0.234 e. The zero-order valence-corrected chi connectivity index (χ0v) is 14.4. The number of aromatic nitrogens is 4. The van der Waals surface area contributed by atoms with E-state index in [1.165, 1.54) is 11.8 Å². The summed E-state index contributed by atoms with van der Waals surface area (Å²) in [5, 5.41) is 15.1. The molecule has 23 heavy (non-hydrogen) atoms. The Kier molecular flexibility index (Phi) is 6.54. The molecule has 0 aliphatic carbocycles. The largest absolute Gasteiger partial charge is 0.385 e. The molecule has 1 N–H and O–H groups in total. The minimum atomic E-state index is -0.0739. The average molecular weight is 335 g/mol. The number of thioether (sulfide) groups is 1. The molecule has 2 rings (SSSR count). The normalized spacial score (nSPS) is 10.7. The topological polar surface area (TPSA) is 81.9 Å². The molecule has 0 unspecified atom stereocenters. The number of tetrazole rings is 1. The lowest BCUT2D eigenvalue weighted by Crippen LogP contribution is -2.16. The Morgan fingerprint density at radius 3 is 3.00 bits per heavy atom. The van der Waals surface area contributed by atoms with Crippen LogP contribution in [-0.4, -0.2) is 45.6 Å². The predicted octanol–water partition coefficient (Wildman–Crippen LogP) is 2.06. The molecule has 0 fully saturated rings. The van der Waals surface area contributed by atoms with Crippen molar-refractivity contribution in [3.05, 3.63) is 29.3 Å². The van der Waals surface area contributed by atoms with Crippen LogP contribution in [0.4, 0.5) is 5.69 Å². The second-order valence-electron chi connectivity index (χ2n) is 5.12. The maximum absolute atomic E-state index is 12.1. The van der Waals surface area contributed by atoms with Gasteiger partial charge in [0.25, 0.3) is 0 Å². The van der Waals surface area contributed by atoms with E-state index in [4.69, 9.17) is 4.74 Å². The number of anilines is 1. The number of ether oxygens (including phenoxy) is 1. The highest BCUT2D eigenvalue weighted by molar-refractivity contribution is 7.99. The van der Waals surface area contributed by atoms with Gasteiger partial charge in [0.2, 0.25) is 11.1 Å². The van der Waals surface area contributed by atoms with Crippen molar-refractivity contribution in [2.24, 2.45) is 0 Å². The quantitative estimate of drug-likeness (QED) is 0.587. The number of methoxy groups -OCH3 is 1. The highest BCUT2D eigenvalue weighted by Gasteiger charge is 2.11. The highest BCUT2D eigenvalue weighted by Crippen LogP contribution is 2.19. The molecule has 0 spiro atoms. The number of aryl methyl sites for hydroxylation is 2. The monoisotopic (exact) mass is 335 g/mol. The van der Waals surface area contributed by atoms with Gasteiger partial charge in [0.1, 0.15) is 0 Å². The first kappa shape index (κ1) is 17.4. The number of nitrogens with zero attached hydrogens (tertiary/aromatic N) is 4. The molecule has 1 aromatic heterocycles. The molecular weight excluding hydrogens is 314 g/mol. The van der Waals surface area contributed by atoms with E-state index in [0.29, 0.717) is 18.3 Å². The summed E-state index contributed by atoms with van der Waals surface area (Å²) in [6.07, 6.45) is 0.823. The summed E-state index contributed by atoms with van der Waals surface area (Å²) in [7, 11) is 1.66. The Morgan fingerprint density at radius 2 is 2.22 bits per heavy atom. The van der Waals surface area contributed by atoms with Crippen LogP contribution in [-0.2, 0) is 16.1 Å². The molecule has 2 aromatic rings. The molecule has 0 saturated carbocycles. The van der Waals surface area contributed by atoms with Gasteiger partial charge in [-0.2, -0.15) is 0 Å². The van der Waals surface area contributed by atoms with Crippen molar-refractivity contribution in [1.29, 1.82) is 0 Å². The first-order valence-corrected chi connectivity index (χ1v) is 8.34. The molecule has 1 amide bonds. The third-order valence-electron chi connectivity index (χ3n) is 3.43. The molecule has 8 heteroatoms. The van der Waals surface area contributed by atoms with E-state index in [1.54, 1.807) is 11.8 Å². The van der Waals surface area contributed by atoms with Gasteiger partial charge in [-0.25, -0.2) is 4.68 Å². The van der Waals surface area contributed by atoms with Crippen molar-refractivity contribution in [1.82, 2.24) is 20.2 Å². The van der Waals surface area contributed by atoms with E-state index in [0.717, 1.165) is 23.2 Å². The van der Waals surface area contributed by atoms with Gasteiger partial charge in [-0.15, -0.1) is 5.10 Å². The van der Waals surface area contributed by atoms with Crippen LogP contribution in [0.15, 0.2) is 23.4 Å². The SMILES string of the molecule is COCCCn1nnnc1SCC(=O)Nc1cccc(C)c1C. The van der Waals surface area contributed by atoms with Gasteiger partial charge < -0.3 is 10.1 Å². The van der Waals surface area contributed by atoms with Crippen LogP contribution in [0.25, 0.3) is 0 Å². The van der Waals surface area contributed by atoms with E-state index in [1.807, 2.05) is 32.0 Å². The molecule has 7 nitrogen and oxygen atoms in total. The van der Waals surface area contributed by atoms with Crippen LogP contribution in [0.1, 0.15) is 17.5 Å². The molecule has 0 aliphatic heterocycles. The Hall–Kier alpha value is -1.93. The van der Waals surface area contributed by atoms with Gasteiger partial charge in [0.15, 0.2) is 0 Å². The number of hydrogen-bond acceptors (Lipinski definition) is 6. The fourth-order valence-corrected chi connectivity index (χ4v) is 2.71. The minimum absolute atomic E-state index is 0.0739. The van der Waals surface area contributed by atoms with Crippen LogP contribution in [0.5, 0.6) is 0 Å². The van der Waals surface area contributed by atoms with E-state index in [9.17, 15) is 4.79 Å². The first-order valence-electron chi connectivity index (χ1n) is 7.35. The van der Waals surface area contributed by atoms with Gasteiger partial charge in [0.05, 0.1) is 5.75 Å². The third kappa shape index (κ3) is 5.04. The number of hydrogen-bond donors (Lipinski definition) is 1. The van der Waals surface area contributed by atoms with E-state index < -0.39 is 0 Å². The number of carbonyl (C=O) groups excluding carboxylic acids is 1. The van der Waals surface area contributed by atoms with Gasteiger partial charge in [0, 0.05) is 25.9 Å². The van der Waals surface area contributed by atoms with Crippen molar-refractivity contribution in [3.63, 3.8) is 0 Å². The second kappa shape index (κ2) is 8.64. The molecule has 0 radical (unpaired) electrons. The average Bonchev–Trinajstić information content (AvgIpc) is 2.98. The molecule has 1 heterocycles. The van der Waals surface area contributed by atoms with Gasteiger partial charge in [-0.1, -0.05) is 23.9 Å². The maximum atomic E-state index is 12.1. The lowest BCUT2D eigenvalue weighted by atomic mass is 10.1. The highest BCUT2D eigenvalue weighted by atomic mass is 32.2. The molecule has 0 aliphatic rings. The summed E-state index contributed by atoms with van der Waals surface area (Å²) >= 11 is 1.32. The lowest BCUT2D eigenvalue weighted by molar-refractivity contribution is -0.113. The van der Waals surface area contributed by atoms with E-state index in [2.05, 4.69) is 20.8 Å². The molecule has 124 valence electrons. The number of nitrogens with one attached hydrogen (secondary N) is 1. The summed E-state index contributed by atoms with van der Waals surface area (Å²) in [4.78, 5) is 12.1. The fourth-order valence-electron chi connectivity index (χ4n) is 2.00. The van der Waals surface area contributed by atoms with Crippen LogP contribution >= 0.6 is 11.8 Å². The van der Waals surface area contributed by atoms with Crippen molar-refractivity contribution < 1.29 is 9.53 Å². The van der Waals surface area contributed by atoms with Crippen molar-refractivity contribution >= 4 is 23.4 Å². The minimum Gasteiger partial charge on any atom is -0.385 e. The zero-order chi connectivity index (χ0) is 16.7. The Labute approximate surface area is 139 Å². The molecule has 0 atom stereocenters. The summed E-state index contributed by atoms with van der Waals surface area (Å²) < 4.78 is 6.70. The molecule has 0 bridgehead atoms. The first-order chi connectivity index (χ1) is 11.1. The van der Waals surface area contributed by atoms with Crippen LogP contribution in [0.3, 0.4) is 0 Å². The lowest BCUT2D eigenvalue weighted by Gasteiger charge is -2.10. The number of carbonyl (C=O) groups is 1. The van der Waals surface area contributed by atoms with E-state index >= 15 is 0 Å². The predicted molar refractivity (Wildman–Crippen MR) is 89.6 cm³/mol. The standard InChI is InChI=1S/C15H21N5O2S/c1-11-6-4-7-13(12(11)2)16-14(21)10-23-15-17-18-19-20(15)8-5-9-22-3/h4,6-7H,5,8-10H2,1-3H3,(H,16,21). The van der Waals surface area contributed by atoms with E-state index in [-0.39, 0.29) is 11.7 Å². The fraction of sp³-hybridized carbons (Fsp3) is 0.467.